The molecule has 0 radical (unpaired) electrons. The van der Waals surface area contributed by atoms with Crippen LogP contribution >= 0.6 is 0 Å². The lowest BCUT2D eigenvalue weighted by atomic mass is 10.1. The summed E-state index contributed by atoms with van der Waals surface area (Å²) in [5.74, 6) is 0.732. The zero-order chi connectivity index (χ0) is 14.3. The molecule has 0 fully saturated rings. The summed E-state index contributed by atoms with van der Waals surface area (Å²) in [6, 6.07) is 13.6. The SMILES string of the molecule is Cc1cc(C)c2c(S(=O)c3ccccc3)c(C)oc2c1. The van der Waals surface area contributed by atoms with E-state index < -0.39 is 10.8 Å². The van der Waals surface area contributed by atoms with Crippen LogP contribution in [0.3, 0.4) is 0 Å². The van der Waals surface area contributed by atoms with E-state index >= 15 is 0 Å². The van der Waals surface area contributed by atoms with E-state index in [9.17, 15) is 4.21 Å². The summed E-state index contributed by atoms with van der Waals surface area (Å²) in [6.45, 7) is 5.96. The Kier molecular flexibility index (Phi) is 3.22. The van der Waals surface area contributed by atoms with Crippen molar-refractivity contribution in [2.75, 3.05) is 0 Å². The molecule has 3 rings (SSSR count). The lowest BCUT2D eigenvalue weighted by Gasteiger charge is -2.03. The maximum Gasteiger partial charge on any atom is 0.136 e. The molecule has 2 aromatic carbocycles. The van der Waals surface area contributed by atoms with Crippen molar-refractivity contribution in [2.45, 2.75) is 30.6 Å². The third-order valence-corrected chi connectivity index (χ3v) is 4.96. The molecule has 1 heterocycles. The third kappa shape index (κ3) is 2.08. The summed E-state index contributed by atoms with van der Waals surface area (Å²) in [5.41, 5.74) is 3.08. The minimum atomic E-state index is -1.21. The first kappa shape index (κ1) is 13.1. The molecule has 2 nitrogen and oxygen atoms in total. The van der Waals surface area contributed by atoms with Gasteiger partial charge >= 0.3 is 0 Å². The van der Waals surface area contributed by atoms with Crippen LogP contribution in [0, 0.1) is 20.8 Å². The Bertz CT molecular complexity index is 801. The average Bonchev–Trinajstić information content (AvgIpc) is 2.75. The van der Waals surface area contributed by atoms with Crippen LogP contribution in [0.2, 0.25) is 0 Å². The second-order valence-corrected chi connectivity index (χ2v) is 6.44. The molecule has 0 aliphatic carbocycles. The van der Waals surface area contributed by atoms with E-state index in [0.717, 1.165) is 37.6 Å². The van der Waals surface area contributed by atoms with Crippen molar-refractivity contribution in [1.29, 1.82) is 0 Å². The molecular weight excluding hydrogens is 268 g/mol. The Morgan fingerprint density at radius 2 is 1.70 bits per heavy atom. The highest BCUT2D eigenvalue weighted by Gasteiger charge is 2.20. The predicted molar refractivity (Wildman–Crippen MR) is 81.5 cm³/mol. The Labute approximate surface area is 120 Å². The van der Waals surface area contributed by atoms with Crippen molar-refractivity contribution >= 4 is 21.8 Å². The lowest BCUT2D eigenvalue weighted by Crippen LogP contribution is -1.94. The second-order valence-electron chi connectivity index (χ2n) is 5.02. The smallest absolute Gasteiger partial charge is 0.136 e. The molecule has 0 amide bonds. The van der Waals surface area contributed by atoms with Gasteiger partial charge in [-0.3, -0.25) is 0 Å². The van der Waals surface area contributed by atoms with E-state index in [1.807, 2.05) is 57.2 Å². The first-order chi connectivity index (χ1) is 9.58. The molecule has 0 aliphatic rings. The Balaban J connectivity index is 2.27. The largest absolute Gasteiger partial charge is 0.460 e. The number of furan rings is 1. The summed E-state index contributed by atoms with van der Waals surface area (Å²) in [6.07, 6.45) is 0. The van der Waals surface area contributed by atoms with Gasteiger partial charge in [0.1, 0.15) is 11.3 Å². The van der Waals surface area contributed by atoms with Crippen molar-refractivity contribution in [3.8, 4) is 0 Å². The monoisotopic (exact) mass is 284 g/mol. The van der Waals surface area contributed by atoms with Gasteiger partial charge in [0.25, 0.3) is 0 Å². The highest BCUT2D eigenvalue weighted by molar-refractivity contribution is 7.85. The van der Waals surface area contributed by atoms with Gasteiger partial charge in [0.05, 0.1) is 15.7 Å². The van der Waals surface area contributed by atoms with Crippen molar-refractivity contribution in [3.63, 3.8) is 0 Å². The van der Waals surface area contributed by atoms with Crippen LogP contribution in [0.1, 0.15) is 16.9 Å². The van der Waals surface area contributed by atoms with E-state index in [-0.39, 0.29) is 0 Å². The molecule has 102 valence electrons. The Morgan fingerprint density at radius 1 is 1.00 bits per heavy atom. The summed E-state index contributed by atoms with van der Waals surface area (Å²) in [5, 5.41) is 0.982. The molecule has 0 bridgehead atoms. The van der Waals surface area contributed by atoms with E-state index in [2.05, 4.69) is 6.07 Å². The topological polar surface area (TPSA) is 30.2 Å². The molecule has 3 aromatic rings. The molecule has 1 unspecified atom stereocenters. The number of benzene rings is 2. The van der Waals surface area contributed by atoms with E-state index in [0.29, 0.717) is 0 Å². The normalized spacial score (nSPS) is 12.8. The lowest BCUT2D eigenvalue weighted by molar-refractivity contribution is 0.566. The van der Waals surface area contributed by atoms with Gasteiger partial charge in [-0.15, -0.1) is 0 Å². The van der Waals surface area contributed by atoms with Crippen molar-refractivity contribution in [2.24, 2.45) is 0 Å². The van der Waals surface area contributed by atoms with Crippen molar-refractivity contribution in [1.82, 2.24) is 0 Å². The molecule has 1 aromatic heterocycles. The molecule has 0 saturated heterocycles. The van der Waals surface area contributed by atoms with Crippen LogP contribution in [0.5, 0.6) is 0 Å². The van der Waals surface area contributed by atoms with E-state index in [1.54, 1.807) is 0 Å². The number of rotatable bonds is 2. The Hall–Kier alpha value is -1.87. The zero-order valence-electron chi connectivity index (χ0n) is 11.8. The molecule has 3 heteroatoms. The van der Waals surface area contributed by atoms with E-state index in [1.165, 1.54) is 0 Å². The fraction of sp³-hybridized carbons (Fsp3) is 0.176. The van der Waals surface area contributed by atoms with Crippen LogP contribution in [-0.4, -0.2) is 4.21 Å². The zero-order valence-corrected chi connectivity index (χ0v) is 12.6. The second kappa shape index (κ2) is 4.91. The fourth-order valence-electron chi connectivity index (χ4n) is 2.57. The summed E-state index contributed by atoms with van der Waals surface area (Å²) in [4.78, 5) is 1.60. The van der Waals surface area contributed by atoms with Gasteiger partial charge in [-0.25, -0.2) is 4.21 Å². The molecule has 20 heavy (non-hydrogen) atoms. The summed E-state index contributed by atoms with van der Waals surface area (Å²) >= 11 is 0. The molecule has 0 aliphatic heterocycles. The third-order valence-electron chi connectivity index (χ3n) is 3.40. The first-order valence-electron chi connectivity index (χ1n) is 6.55. The van der Waals surface area contributed by atoms with Crippen LogP contribution in [0.4, 0.5) is 0 Å². The summed E-state index contributed by atoms with van der Waals surface area (Å²) in [7, 11) is -1.21. The maximum absolute atomic E-state index is 12.8. The quantitative estimate of drug-likeness (QED) is 0.692. The molecule has 0 saturated carbocycles. The van der Waals surface area contributed by atoms with Gasteiger partial charge in [0.2, 0.25) is 0 Å². The Morgan fingerprint density at radius 3 is 2.40 bits per heavy atom. The van der Waals surface area contributed by atoms with Gasteiger partial charge < -0.3 is 4.42 Å². The van der Waals surface area contributed by atoms with Gasteiger partial charge in [0.15, 0.2) is 0 Å². The number of hydrogen-bond donors (Lipinski definition) is 0. The highest BCUT2D eigenvalue weighted by Crippen LogP contribution is 2.34. The van der Waals surface area contributed by atoms with Crippen LogP contribution < -0.4 is 0 Å². The minimum absolute atomic E-state index is 0.732. The van der Waals surface area contributed by atoms with Crippen molar-refractivity contribution < 1.29 is 8.63 Å². The molecular formula is C17H16O2S. The summed E-state index contributed by atoms with van der Waals surface area (Å²) < 4.78 is 18.6. The molecule has 0 N–H and O–H groups in total. The standard InChI is InChI=1S/C17H16O2S/c1-11-9-12(2)16-15(10-11)19-13(3)17(16)20(18)14-7-5-4-6-8-14/h4-10H,1-3H3. The van der Waals surface area contributed by atoms with Crippen LogP contribution in [0.15, 0.2) is 56.7 Å². The first-order valence-corrected chi connectivity index (χ1v) is 7.70. The van der Waals surface area contributed by atoms with Gasteiger partial charge in [-0.2, -0.15) is 0 Å². The molecule has 1 atom stereocenters. The van der Waals surface area contributed by atoms with Gasteiger partial charge in [-0.05, 0) is 50.1 Å². The maximum atomic E-state index is 12.8. The van der Waals surface area contributed by atoms with Crippen LogP contribution in [-0.2, 0) is 10.8 Å². The van der Waals surface area contributed by atoms with Gasteiger partial charge in [-0.1, -0.05) is 24.3 Å². The van der Waals surface area contributed by atoms with Crippen LogP contribution in [0.25, 0.3) is 11.0 Å². The predicted octanol–water partition coefficient (Wildman–Crippen LogP) is 4.52. The number of fused-ring (bicyclic) bond motifs is 1. The average molecular weight is 284 g/mol. The number of hydrogen-bond acceptors (Lipinski definition) is 2. The molecule has 0 spiro atoms. The van der Waals surface area contributed by atoms with Crippen molar-refractivity contribution in [3.05, 3.63) is 59.4 Å². The fourth-order valence-corrected chi connectivity index (χ4v) is 3.96. The minimum Gasteiger partial charge on any atom is -0.460 e. The highest BCUT2D eigenvalue weighted by atomic mass is 32.2. The van der Waals surface area contributed by atoms with Gasteiger partial charge in [0, 0.05) is 10.3 Å². The number of aryl methyl sites for hydroxylation is 3. The van der Waals surface area contributed by atoms with E-state index in [4.69, 9.17) is 4.42 Å².